The Kier molecular flexibility index (Phi) is 4.76. The Labute approximate surface area is 106 Å². The molecule has 0 aromatic heterocycles. The molecule has 98 valence electrons. The first kappa shape index (κ1) is 14.7. The van der Waals surface area contributed by atoms with Crippen LogP contribution in [0.25, 0.3) is 0 Å². The van der Waals surface area contributed by atoms with E-state index in [0.717, 1.165) is 25.7 Å². The average molecular weight is 255 g/mol. The van der Waals surface area contributed by atoms with Gasteiger partial charge in [0.1, 0.15) is 5.60 Å². The molecular formula is C13H25NO2Si. The maximum atomic E-state index is 9.44. The summed E-state index contributed by atoms with van der Waals surface area (Å²) in [6.07, 6.45) is 4.54. The van der Waals surface area contributed by atoms with E-state index in [9.17, 15) is 5.26 Å². The van der Waals surface area contributed by atoms with Crippen LogP contribution in [-0.4, -0.2) is 27.1 Å². The first-order valence-corrected chi connectivity index (χ1v) is 9.86. The van der Waals surface area contributed by atoms with Crippen LogP contribution in [0.2, 0.25) is 19.6 Å². The average Bonchev–Trinajstić information content (AvgIpc) is 2.27. The van der Waals surface area contributed by atoms with Crippen LogP contribution in [0.4, 0.5) is 0 Å². The number of rotatable bonds is 4. The fourth-order valence-corrected chi connectivity index (χ4v) is 4.17. The van der Waals surface area contributed by atoms with E-state index < -0.39 is 13.9 Å². The van der Waals surface area contributed by atoms with E-state index in [1.807, 2.05) is 6.92 Å². The van der Waals surface area contributed by atoms with Crippen molar-refractivity contribution < 1.29 is 9.16 Å². The van der Waals surface area contributed by atoms with Gasteiger partial charge in [-0.25, -0.2) is 0 Å². The van der Waals surface area contributed by atoms with Crippen LogP contribution in [0, 0.1) is 17.2 Å². The highest BCUT2D eigenvalue weighted by atomic mass is 28.4. The highest BCUT2D eigenvalue weighted by molar-refractivity contribution is 6.69. The summed E-state index contributed by atoms with van der Waals surface area (Å²) in [5.41, 5.74) is -0.608. The van der Waals surface area contributed by atoms with E-state index in [0.29, 0.717) is 12.0 Å². The van der Waals surface area contributed by atoms with Crippen molar-refractivity contribution in [2.24, 2.45) is 5.92 Å². The lowest BCUT2D eigenvalue weighted by Gasteiger charge is -2.40. The van der Waals surface area contributed by atoms with Gasteiger partial charge in [0.15, 0.2) is 8.32 Å². The van der Waals surface area contributed by atoms with Crippen LogP contribution >= 0.6 is 0 Å². The molecule has 0 aromatic rings. The molecule has 4 heteroatoms. The lowest BCUT2D eigenvalue weighted by atomic mass is 9.77. The van der Waals surface area contributed by atoms with E-state index in [-0.39, 0.29) is 0 Å². The first-order valence-electron chi connectivity index (χ1n) is 6.45. The fraction of sp³-hybridized carbons (Fsp3) is 0.923. The van der Waals surface area contributed by atoms with Gasteiger partial charge in [-0.15, -0.1) is 0 Å². The second-order valence-corrected chi connectivity index (χ2v) is 10.6. The van der Waals surface area contributed by atoms with Crippen LogP contribution in [-0.2, 0) is 9.16 Å². The molecular weight excluding hydrogens is 230 g/mol. The highest BCUT2D eigenvalue weighted by Gasteiger charge is 2.40. The van der Waals surface area contributed by atoms with Gasteiger partial charge in [-0.2, -0.15) is 5.26 Å². The van der Waals surface area contributed by atoms with Crippen molar-refractivity contribution in [3.05, 3.63) is 0 Å². The van der Waals surface area contributed by atoms with Crippen LogP contribution in [0.15, 0.2) is 0 Å². The normalized spacial score (nSPS) is 29.4. The number of hydrogen-bond acceptors (Lipinski definition) is 3. The van der Waals surface area contributed by atoms with Crippen molar-refractivity contribution in [2.75, 3.05) is 7.11 Å². The Morgan fingerprint density at radius 2 is 1.71 bits per heavy atom. The summed E-state index contributed by atoms with van der Waals surface area (Å²) in [6.45, 7) is 8.39. The van der Waals surface area contributed by atoms with Gasteiger partial charge in [0.25, 0.3) is 0 Å². The van der Waals surface area contributed by atoms with E-state index >= 15 is 0 Å². The third kappa shape index (κ3) is 4.09. The maximum absolute atomic E-state index is 9.44. The minimum atomic E-state index is -1.68. The summed E-state index contributed by atoms with van der Waals surface area (Å²) >= 11 is 0. The molecule has 1 saturated carbocycles. The van der Waals surface area contributed by atoms with E-state index in [1.165, 1.54) is 0 Å². The van der Waals surface area contributed by atoms with Crippen molar-refractivity contribution in [1.82, 2.24) is 0 Å². The van der Waals surface area contributed by atoms with E-state index in [2.05, 4.69) is 25.7 Å². The third-order valence-electron chi connectivity index (χ3n) is 3.53. The highest BCUT2D eigenvalue weighted by Crippen LogP contribution is 2.37. The Bertz CT molecular complexity index is 287. The molecule has 3 nitrogen and oxygen atoms in total. The quantitative estimate of drug-likeness (QED) is 0.724. The van der Waals surface area contributed by atoms with Gasteiger partial charge in [-0.3, -0.25) is 0 Å². The maximum Gasteiger partial charge on any atom is 0.185 e. The Morgan fingerprint density at radius 3 is 2.06 bits per heavy atom. The minimum Gasteiger partial charge on any atom is -0.400 e. The van der Waals surface area contributed by atoms with Gasteiger partial charge in [0.05, 0.1) is 12.2 Å². The monoisotopic (exact) mass is 255 g/mol. The standard InChI is InChI=1S/C13H25NO2Si/c1-13(10-14,16-17(3,4)5)11-6-8-12(15-2)9-7-11/h11-12H,6-9H2,1-5H3/t11?,12?,13-/m0/s1. The fourth-order valence-electron chi connectivity index (χ4n) is 2.68. The van der Waals surface area contributed by atoms with Gasteiger partial charge in [-0.05, 0) is 52.2 Å². The molecule has 1 aliphatic rings. The van der Waals surface area contributed by atoms with Gasteiger partial charge in [0.2, 0.25) is 0 Å². The zero-order valence-corrected chi connectivity index (χ0v) is 12.7. The van der Waals surface area contributed by atoms with Crippen LogP contribution in [0.3, 0.4) is 0 Å². The summed E-state index contributed by atoms with van der Waals surface area (Å²) < 4.78 is 11.5. The molecule has 0 heterocycles. The molecule has 1 rings (SSSR count). The SMILES string of the molecule is COC1CCC([C@](C)(C#N)O[Si](C)(C)C)CC1. The molecule has 0 unspecified atom stereocenters. The Balaban J connectivity index is 2.66. The third-order valence-corrected chi connectivity index (χ3v) is 4.56. The number of methoxy groups -OCH3 is 1. The van der Waals surface area contributed by atoms with Gasteiger partial charge >= 0.3 is 0 Å². The Morgan fingerprint density at radius 1 is 1.18 bits per heavy atom. The van der Waals surface area contributed by atoms with Crippen molar-refractivity contribution in [2.45, 2.75) is 64.0 Å². The van der Waals surface area contributed by atoms with Crippen molar-refractivity contribution in [3.8, 4) is 6.07 Å². The van der Waals surface area contributed by atoms with Crippen LogP contribution < -0.4 is 0 Å². The molecule has 1 fully saturated rings. The minimum absolute atomic E-state index is 0.352. The molecule has 0 aromatic carbocycles. The van der Waals surface area contributed by atoms with Crippen LogP contribution in [0.5, 0.6) is 0 Å². The largest absolute Gasteiger partial charge is 0.400 e. The van der Waals surface area contributed by atoms with E-state index in [1.54, 1.807) is 7.11 Å². The zero-order valence-electron chi connectivity index (χ0n) is 11.7. The second kappa shape index (κ2) is 5.51. The molecule has 0 radical (unpaired) electrons. The zero-order chi connectivity index (χ0) is 13.1. The number of hydrogen-bond donors (Lipinski definition) is 0. The molecule has 1 atom stereocenters. The molecule has 0 amide bonds. The molecule has 0 saturated heterocycles. The molecule has 0 bridgehead atoms. The molecule has 0 N–H and O–H groups in total. The van der Waals surface area contributed by atoms with Crippen molar-refractivity contribution in [3.63, 3.8) is 0 Å². The van der Waals surface area contributed by atoms with Gasteiger partial charge < -0.3 is 9.16 Å². The summed E-state index contributed by atoms with van der Waals surface area (Å²) in [7, 11) is 0.0943. The second-order valence-electron chi connectivity index (χ2n) is 6.14. The van der Waals surface area contributed by atoms with Gasteiger partial charge in [0, 0.05) is 13.0 Å². The number of nitrogens with zero attached hydrogens (tertiary/aromatic N) is 1. The lowest BCUT2D eigenvalue weighted by Crippen LogP contribution is -2.46. The summed E-state index contributed by atoms with van der Waals surface area (Å²) in [4.78, 5) is 0. The molecule has 17 heavy (non-hydrogen) atoms. The van der Waals surface area contributed by atoms with E-state index in [4.69, 9.17) is 9.16 Å². The number of ether oxygens (including phenoxy) is 1. The molecule has 1 aliphatic carbocycles. The van der Waals surface area contributed by atoms with Gasteiger partial charge in [-0.1, -0.05) is 0 Å². The Hall–Kier alpha value is -0.373. The summed E-state index contributed by atoms with van der Waals surface area (Å²) in [5.74, 6) is 0.352. The predicted molar refractivity (Wildman–Crippen MR) is 71.2 cm³/mol. The topological polar surface area (TPSA) is 42.2 Å². The smallest absolute Gasteiger partial charge is 0.185 e. The first-order chi connectivity index (χ1) is 7.80. The molecule has 0 spiro atoms. The van der Waals surface area contributed by atoms with Crippen molar-refractivity contribution >= 4 is 8.32 Å². The summed E-state index contributed by atoms with van der Waals surface area (Å²) in [5, 5.41) is 9.44. The predicted octanol–water partition coefficient (Wildman–Crippen LogP) is 3.33. The number of nitriles is 1. The van der Waals surface area contributed by atoms with Crippen molar-refractivity contribution in [1.29, 1.82) is 5.26 Å². The summed E-state index contributed by atoms with van der Waals surface area (Å²) in [6, 6.07) is 2.41. The van der Waals surface area contributed by atoms with Crippen LogP contribution in [0.1, 0.15) is 32.6 Å². The lowest BCUT2D eigenvalue weighted by molar-refractivity contribution is 0.00345. The molecule has 0 aliphatic heterocycles.